The fraction of sp³-hybridized carbons (Fsp3) is 0.455. The third-order valence-corrected chi connectivity index (χ3v) is 2.16. The quantitative estimate of drug-likeness (QED) is 0.786. The fourth-order valence-electron chi connectivity index (χ4n) is 1.18. The van der Waals surface area contributed by atoms with E-state index in [4.69, 9.17) is 4.74 Å². The van der Waals surface area contributed by atoms with Gasteiger partial charge in [0.25, 0.3) is 0 Å². The predicted octanol–water partition coefficient (Wildman–Crippen LogP) is 2.02. The molecule has 0 aliphatic rings. The summed E-state index contributed by atoms with van der Waals surface area (Å²) in [5.74, 6) is 0.103. The lowest BCUT2D eigenvalue weighted by Gasteiger charge is -2.13. The number of rotatable bonds is 5. The first-order valence-electron chi connectivity index (χ1n) is 4.92. The molecule has 0 amide bonds. The van der Waals surface area contributed by atoms with Crippen LogP contribution in [0.1, 0.15) is 13.3 Å². The van der Waals surface area contributed by atoms with Crippen LogP contribution in [0, 0.1) is 5.82 Å². The molecule has 2 N–H and O–H groups in total. The van der Waals surface area contributed by atoms with Crippen molar-refractivity contribution in [3.05, 3.63) is 24.0 Å². The monoisotopic (exact) mass is 213 g/mol. The Balaban J connectivity index is 2.67. The van der Waals surface area contributed by atoms with Crippen LogP contribution in [0.4, 0.5) is 10.1 Å². The van der Waals surface area contributed by atoms with Gasteiger partial charge in [-0.05, 0) is 18.6 Å². The van der Waals surface area contributed by atoms with Gasteiger partial charge in [0.1, 0.15) is 11.6 Å². The van der Waals surface area contributed by atoms with E-state index in [9.17, 15) is 9.50 Å². The SMILES string of the molecule is CCC(O)CNc1ccc(F)cc1OC. The van der Waals surface area contributed by atoms with Gasteiger partial charge in [0.15, 0.2) is 0 Å². The molecular formula is C11H16FNO2. The minimum absolute atomic E-state index is 0.339. The van der Waals surface area contributed by atoms with Crippen molar-refractivity contribution in [1.82, 2.24) is 0 Å². The highest BCUT2D eigenvalue weighted by molar-refractivity contribution is 5.56. The van der Waals surface area contributed by atoms with Crippen molar-refractivity contribution < 1.29 is 14.2 Å². The predicted molar refractivity (Wildman–Crippen MR) is 57.7 cm³/mol. The zero-order valence-electron chi connectivity index (χ0n) is 8.96. The van der Waals surface area contributed by atoms with Crippen LogP contribution in [0.2, 0.25) is 0 Å². The second kappa shape index (κ2) is 5.56. The van der Waals surface area contributed by atoms with E-state index in [1.165, 1.54) is 19.2 Å². The van der Waals surface area contributed by atoms with E-state index in [-0.39, 0.29) is 5.82 Å². The van der Waals surface area contributed by atoms with Gasteiger partial charge in [0.2, 0.25) is 0 Å². The Bertz CT molecular complexity index is 317. The highest BCUT2D eigenvalue weighted by atomic mass is 19.1. The van der Waals surface area contributed by atoms with Gasteiger partial charge >= 0.3 is 0 Å². The molecule has 1 unspecified atom stereocenters. The molecule has 0 radical (unpaired) electrons. The van der Waals surface area contributed by atoms with Crippen LogP contribution < -0.4 is 10.1 Å². The molecule has 1 atom stereocenters. The second-order valence-corrected chi connectivity index (χ2v) is 3.29. The number of nitrogens with one attached hydrogen (secondary N) is 1. The van der Waals surface area contributed by atoms with Crippen LogP contribution in [0.25, 0.3) is 0 Å². The summed E-state index contributed by atoms with van der Waals surface area (Å²) in [7, 11) is 1.48. The minimum atomic E-state index is -0.403. The molecule has 0 aromatic heterocycles. The van der Waals surface area contributed by atoms with Gasteiger partial charge in [-0.15, -0.1) is 0 Å². The first kappa shape index (κ1) is 11.8. The lowest BCUT2D eigenvalue weighted by Crippen LogP contribution is -2.18. The topological polar surface area (TPSA) is 41.5 Å². The van der Waals surface area contributed by atoms with Crippen molar-refractivity contribution in [1.29, 1.82) is 0 Å². The molecule has 0 bridgehead atoms. The molecule has 84 valence electrons. The normalized spacial score (nSPS) is 12.3. The number of anilines is 1. The summed E-state index contributed by atoms with van der Waals surface area (Å²) in [4.78, 5) is 0. The van der Waals surface area contributed by atoms with E-state index in [1.807, 2.05) is 6.92 Å². The van der Waals surface area contributed by atoms with Gasteiger partial charge in [0, 0.05) is 12.6 Å². The first-order chi connectivity index (χ1) is 7.17. The highest BCUT2D eigenvalue weighted by Crippen LogP contribution is 2.24. The lowest BCUT2D eigenvalue weighted by molar-refractivity contribution is 0.183. The average molecular weight is 213 g/mol. The molecule has 4 heteroatoms. The Morgan fingerprint density at radius 3 is 2.87 bits per heavy atom. The molecule has 15 heavy (non-hydrogen) atoms. The number of benzene rings is 1. The van der Waals surface area contributed by atoms with Gasteiger partial charge in [-0.2, -0.15) is 0 Å². The smallest absolute Gasteiger partial charge is 0.144 e. The van der Waals surface area contributed by atoms with Crippen LogP contribution in [0.3, 0.4) is 0 Å². The van der Waals surface area contributed by atoms with E-state index in [2.05, 4.69) is 5.32 Å². The minimum Gasteiger partial charge on any atom is -0.494 e. The van der Waals surface area contributed by atoms with Crippen LogP contribution >= 0.6 is 0 Å². The maximum Gasteiger partial charge on any atom is 0.144 e. The van der Waals surface area contributed by atoms with E-state index in [0.29, 0.717) is 24.4 Å². The van der Waals surface area contributed by atoms with E-state index >= 15 is 0 Å². The van der Waals surface area contributed by atoms with Gasteiger partial charge in [-0.25, -0.2) is 4.39 Å². The molecular weight excluding hydrogens is 197 g/mol. The molecule has 0 saturated carbocycles. The molecule has 0 aliphatic heterocycles. The molecule has 0 heterocycles. The Kier molecular flexibility index (Phi) is 4.37. The number of aliphatic hydroxyl groups is 1. The van der Waals surface area contributed by atoms with Crippen molar-refractivity contribution in [2.24, 2.45) is 0 Å². The maximum atomic E-state index is 12.8. The van der Waals surface area contributed by atoms with Crippen LogP contribution in [0.15, 0.2) is 18.2 Å². The number of halogens is 1. The largest absolute Gasteiger partial charge is 0.494 e. The number of methoxy groups -OCH3 is 1. The van der Waals surface area contributed by atoms with E-state index in [0.717, 1.165) is 0 Å². The zero-order valence-corrected chi connectivity index (χ0v) is 8.96. The number of hydrogen-bond acceptors (Lipinski definition) is 3. The summed E-state index contributed by atoms with van der Waals surface area (Å²) in [6.07, 6.45) is 0.274. The number of ether oxygens (including phenoxy) is 1. The first-order valence-corrected chi connectivity index (χ1v) is 4.92. The molecule has 1 rings (SSSR count). The van der Waals surface area contributed by atoms with Gasteiger partial charge in [0.05, 0.1) is 18.9 Å². The molecule has 1 aromatic carbocycles. The van der Waals surface area contributed by atoms with Crippen molar-refractivity contribution in [2.75, 3.05) is 19.0 Å². The molecule has 0 aliphatic carbocycles. The maximum absolute atomic E-state index is 12.8. The van der Waals surface area contributed by atoms with E-state index < -0.39 is 6.10 Å². The molecule has 3 nitrogen and oxygen atoms in total. The van der Waals surface area contributed by atoms with Crippen molar-refractivity contribution in [3.63, 3.8) is 0 Å². The van der Waals surface area contributed by atoms with Gasteiger partial charge in [-0.3, -0.25) is 0 Å². The highest BCUT2D eigenvalue weighted by Gasteiger charge is 2.06. The second-order valence-electron chi connectivity index (χ2n) is 3.29. The molecule has 0 fully saturated rings. The summed E-state index contributed by atoms with van der Waals surface area (Å²) in [5, 5.41) is 12.4. The Labute approximate surface area is 88.9 Å². The summed E-state index contributed by atoms with van der Waals surface area (Å²) in [5.41, 5.74) is 0.686. The van der Waals surface area contributed by atoms with E-state index in [1.54, 1.807) is 6.07 Å². The standard InChI is InChI=1S/C11H16FNO2/c1-3-9(14)7-13-10-5-4-8(12)6-11(10)15-2/h4-6,9,13-14H,3,7H2,1-2H3. The van der Waals surface area contributed by atoms with Crippen LogP contribution in [0.5, 0.6) is 5.75 Å². The third-order valence-electron chi connectivity index (χ3n) is 2.16. The zero-order chi connectivity index (χ0) is 11.3. The van der Waals surface area contributed by atoms with Crippen LogP contribution in [-0.2, 0) is 0 Å². The Hall–Kier alpha value is -1.29. The summed E-state index contributed by atoms with van der Waals surface area (Å²) in [6.45, 7) is 2.33. The Morgan fingerprint density at radius 1 is 1.53 bits per heavy atom. The summed E-state index contributed by atoms with van der Waals surface area (Å²) < 4.78 is 17.8. The number of hydrogen-bond donors (Lipinski definition) is 2. The molecule has 0 saturated heterocycles. The van der Waals surface area contributed by atoms with Crippen molar-refractivity contribution in [2.45, 2.75) is 19.4 Å². The number of aliphatic hydroxyl groups excluding tert-OH is 1. The average Bonchev–Trinajstić information content (AvgIpc) is 2.26. The summed E-state index contributed by atoms with van der Waals surface area (Å²) >= 11 is 0. The Morgan fingerprint density at radius 2 is 2.27 bits per heavy atom. The van der Waals surface area contributed by atoms with Crippen molar-refractivity contribution >= 4 is 5.69 Å². The summed E-state index contributed by atoms with van der Waals surface area (Å²) in [6, 6.07) is 4.25. The third kappa shape index (κ3) is 3.40. The van der Waals surface area contributed by atoms with Crippen LogP contribution in [-0.4, -0.2) is 24.9 Å². The molecule has 0 spiro atoms. The van der Waals surface area contributed by atoms with Crippen molar-refractivity contribution in [3.8, 4) is 5.75 Å². The molecule has 1 aromatic rings. The van der Waals surface area contributed by atoms with Gasteiger partial charge < -0.3 is 15.2 Å². The fourth-order valence-corrected chi connectivity index (χ4v) is 1.18. The lowest BCUT2D eigenvalue weighted by atomic mass is 10.2. The van der Waals surface area contributed by atoms with Gasteiger partial charge in [-0.1, -0.05) is 6.92 Å².